The average Bonchev–Trinajstić information content (AvgIpc) is 3.29. The number of nitriles is 1. The van der Waals surface area contributed by atoms with Gasteiger partial charge < -0.3 is 14.3 Å². The number of benzene rings is 2. The topological polar surface area (TPSA) is 92.6 Å². The highest BCUT2D eigenvalue weighted by molar-refractivity contribution is 5.80. The Labute approximate surface area is 156 Å². The van der Waals surface area contributed by atoms with E-state index in [0.717, 1.165) is 22.3 Å². The Morgan fingerprint density at radius 3 is 2.48 bits per heavy atom. The van der Waals surface area contributed by atoms with Gasteiger partial charge in [-0.25, -0.2) is 4.98 Å². The Bertz CT molecular complexity index is 1160. The maximum absolute atomic E-state index is 9.42. The minimum absolute atomic E-state index is 0.236. The normalized spacial score (nSPS) is 11.1. The summed E-state index contributed by atoms with van der Waals surface area (Å²) in [5, 5.41) is 21.0. The third-order valence-corrected chi connectivity index (χ3v) is 4.23. The van der Waals surface area contributed by atoms with Gasteiger partial charge in [-0.1, -0.05) is 0 Å². The first-order chi connectivity index (χ1) is 13.0. The summed E-state index contributed by atoms with van der Waals surface area (Å²) in [5.41, 5.74) is 4.74. The summed E-state index contributed by atoms with van der Waals surface area (Å²) in [6, 6.07) is 13.7. The van der Waals surface area contributed by atoms with Crippen molar-refractivity contribution in [3.8, 4) is 29.0 Å². The van der Waals surface area contributed by atoms with Crippen molar-refractivity contribution in [2.45, 2.75) is 19.9 Å². The number of hydrogen-bond donors (Lipinski definition) is 1. The molecule has 2 heterocycles. The van der Waals surface area contributed by atoms with E-state index in [2.05, 4.69) is 26.6 Å². The molecule has 2 aromatic heterocycles. The molecule has 7 heteroatoms. The highest BCUT2D eigenvalue weighted by Gasteiger charge is 2.14. The molecule has 4 aromatic rings. The molecule has 2 aromatic carbocycles. The number of fused-ring (bicyclic) bond motifs is 1. The fraction of sp³-hybridized carbons (Fsp3) is 0.200. The van der Waals surface area contributed by atoms with E-state index in [1.807, 2.05) is 55.8 Å². The van der Waals surface area contributed by atoms with Crippen molar-refractivity contribution >= 4 is 16.7 Å². The Balaban J connectivity index is 1.68. The van der Waals surface area contributed by atoms with Crippen LogP contribution in [0.3, 0.4) is 0 Å². The molecular weight excluding hydrogens is 340 g/mol. The van der Waals surface area contributed by atoms with E-state index >= 15 is 0 Å². The lowest BCUT2D eigenvalue weighted by Gasteiger charge is -2.11. The van der Waals surface area contributed by atoms with Crippen LogP contribution in [0, 0.1) is 11.3 Å². The van der Waals surface area contributed by atoms with E-state index in [1.165, 1.54) is 0 Å². The second kappa shape index (κ2) is 6.57. The zero-order chi connectivity index (χ0) is 19.0. The van der Waals surface area contributed by atoms with Crippen LogP contribution in [0.5, 0.6) is 0 Å². The summed E-state index contributed by atoms with van der Waals surface area (Å²) in [4.78, 5) is 4.36. The van der Waals surface area contributed by atoms with E-state index in [1.54, 1.807) is 12.4 Å². The predicted molar refractivity (Wildman–Crippen MR) is 103 cm³/mol. The van der Waals surface area contributed by atoms with Crippen LogP contribution in [-0.4, -0.2) is 25.8 Å². The molecule has 0 unspecified atom stereocenters. The van der Waals surface area contributed by atoms with Gasteiger partial charge in [0.25, 0.3) is 0 Å². The lowest BCUT2D eigenvalue weighted by Crippen LogP contribution is -2.10. The Morgan fingerprint density at radius 2 is 1.78 bits per heavy atom. The fourth-order valence-corrected chi connectivity index (χ4v) is 2.93. The van der Waals surface area contributed by atoms with Gasteiger partial charge in [0.05, 0.1) is 28.6 Å². The monoisotopic (exact) mass is 358 g/mol. The molecule has 0 saturated heterocycles. The summed E-state index contributed by atoms with van der Waals surface area (Å²) < 4.78 is 7.80. The molecule has 7 nitrogen and oxygen atoms in total. The molecule has 0 saturated carbocycles. The third kappa shape index (κ3) is 3.13. The Hall–Kier alpha value is -3.66. The Kier molecular flexibility index (Phi) is 4.09. The largest absolute Gasteiger partial charge is 0.416 e. The molecule has 0 aliphatic rings. The second-order valence-corrected chi connectivity index (χ2v) is 6.64. The molecule has 0 aliphatic carbocycles. The number of nitrogens with one attached hydrogen (secondary N) is 1. The molecule has 0 aliphatic heterocycles. The van der Waals surface area contributed by atoms with Crippen LogP contribution in [-0.2, 0) is 7.05 Å². The summed E-state index contributed by atoms with van der Waals surface area (Å²) in [6.07, 6.45) is 1.77. The minimum atomic E-state index is 0.236. The first-order valence-corrected chi connectivity index (χ1v) is 8.61. The summed E-state index contributed by atoms with van der Waals surface area (Å²) in [7, 11) is 1.95. The third-order valence-electron chi connectivity index (χ3n) is 4.23. The smallest absolute Gasteiger partial charge is 0.248 e. The molecule has 134 valence electrons. The van der Waals surface area contributed by atoms with Crippen LogP contribution in [0.15, 0.2) is 47.1 Å². The Morgan fingerprint density at radius 1 is 1.07 bits per heavy atom. The molecule has 0 spiro atoms. The van der Waals surface area contributed by atoms with E-state index in [0.29, 0.717) is 22.9 Å². The van der Waals surface area contributed by atoms with Crippen LogP contribution >= 0.6 is 0 Å². The zero-order valence-electron chi connectivity index (χ0n) is 15.3. The lowest BCUT2D eigenvalue weighted by molar-refractivity contribution is 0.584. The predicted octanol–water partition coefficient (Wildman–Crippen LogP) is 3.98. The molecule has 27 heavy (non-hydrogen) atoms. The molecule has 0 amide bonds. The number of imidazole rings is 1. The molecular formula is C20H18N6O. The number of rotatable bonds is 4. The van der Waals surface area contributed by atoms with Gasteiger partial charge in [0.2, 0.25) is 11.8 Å². The van der Waals surface area contributed by atoms with Gasteiger partial charge in [-0.05, 0) is 50.2 Å². The zero-order valence-corrected chi connectivity index (χ0v) is 15.3. The number of aromatic nitrogens is 4. The summed E-state index contributed by atoms with van der Waals surface area (Å²) in [6.45, 7) is 4.05. The van der Waals surface area contributed by atoms with Gasteiger partial charge in [-0.3, -0.25) is 0 Å². The minimum Gasteiger partial charge on any atom is -0.416 e. The SMILES string of the molecule is CC(C)Nc1ccc(-c2nnc(-c3ccc4c(c3)ncn4C)o2)cc1C#N. The van der Waals surface area contributed by atoms with Gasteiger partial charge in [0.1, 0.15) is 6.07 Å². The number of nitrogens with zero attached hydrogens (tertiary/aromatic N) is 5. The van der Waals surface area contributed by atoms with Crippen molar-refractivity contribution in [1.82, 2.24) is 19.7 Å². The summed E-state index contributed by atoms with van der Waals surface area (Å²) in [5.74, 6) is 0.791. The first-order valence-electron chi connectivity index (χ1n) is 8.61. The van der Waals surface area contributed by atoms with Crippen LogP contribution in [0.1, 0.15) is 19.4 Å². The van der Waals surface area contributed by atoms with E-state index < -0.39 is 0 Å². The van der Waals surface area contributed by atoms with Gasteiger partial charge in [0, 0.05) is 24.2 Å². The molecule has 0 atom stereocenters. The quantitative estimate of drug-likeness (QED) is 0.593. The molecule has 0 radical (unpaired) electrons. The number of hydrogen-bond acceptors (Lipinski definition) is 6. The van der Waals surface area contributed by atoms with E-state index in [9.17, 15) is 5.26 Å². The van der Waals surface area contributed by atoms with Crippen molar-refractivity contribution in [3.05, 3.63) is 48.3 Å². The maximum Gasteiger partial charge on any atom is 0.248 e. The molecule has 4 rings (SSSR count). The van der Waals surface area contributed by atoms with Crippen molar-refractivity contribution in [3.63, 3.8) is 0 Å². The highest BCUT2D eigenvalue weighted by Crippen LogP contribution is 2.28. The first kappa shape index (κ1) is 16.8. The second-order valence-electron chi connectivity index (χ2n) is 6.64. The van der Waals surface area contributed by atoms with Crippen molar-refractivity contribution in [1.29, 1.82) is 5.26 Å². The van der Waals surface area contributed by atoms with Gasteiger partial charge in [-0.15, -0.1) is 10.2 Å². The maximum atomic E-state index is 9.42. The van der Waals surface area contributed by atoms with Crippen molar-refractivity contribution in [2.24, 2.45) is 7.05 Å². The van der Waals surface area contributed by atoms with Crippen LogP contribution in [0.25, 0.3) is 33.9 Å². The van der Waals surface area contributed by atoms with Crippen LogP contribution in [0.4, 0.5) is 5.69 Å². The highest BCUT2D eigenvalue weighted by atomic mass is 16.4. The standard InChI is InChI=1S/C20H18N6O/c1-12(2)23-16-6-4-13(8-15(16)10-21)19-24-25-20(27-19)14-5-7-18-17(9-14)22-11-26(18)3/h4-9,11-12,23H,1-3H3. The van der Waals surface area contributed by atoms with Gasteiger partial charge in [0.15, 0.2) is 0 Å². The number of anilines is 1. The number of aryl methyl sites for hydroxylation is 1. The lowest BCUT2D eigenvalue weighted by atomic mass is 10.1. The van der Waals surface area contributed by atoms with E-state index in [-0.39, 0.29) is 6.04 Å². The van der Waals surface area contributed by atoms with Gasteiger partial charge >= 0.3 is 0 Å². The molecule has 1 N–H and O–H groups in total. The van der Waals surface area contributed by atoms with Crippen LogP contribution < -0.4 is 5.32 Å². The van der Waals surface area contributed by atoms with Crippen molar-refractivity contribution < 1.29 is 4.42 Å². The van der Waals surface area contributed by atoms with Crippen LogP contribution in [0.2, 0.25) is 0 Å². The average molecular weight is 358 g/mol. The summed E-state index contributed by atoms with van der Waals surface area (Å²) >= 11 is 0. The fourth-order valence-electron chi connectivity index (χ4n) is 2.93. The van der Waals surface area contributed by atoms with E-state index in [4.69, 9.17) is 4.42 Å². The van der Waals surface area contributed by atoms with Crippen molar-refractivity contribution in [2.75, 3.05) is 5.32 Å². The molecule has 0 fully saturated rings. The molecule has 0 bridgehead atoms. The van der Waals surface area contributed by atoms with Gasteiger partial charge in [-0.2, -0.15) is 5.26 Å².